The van der Waals surface area contributed by atoms with Gasteiger partial charge < -0.3 is 10.2 Å². The molecule has 114 valence electrons. The summed E-state index contributed by atoms with van der Waals surface area (Å²) in [6, 6.07) is 0. The van der Waals surface area contributed by atoms with E-state index in [0.29, 0.717) is 12.8 Å². The average Bonchev–Trinajstić information content (AvgIpc) is 2.84. The first-order chi connectivity index (χ1) is 9.19. The molecule has 0 atom stereocenters. The van der Waals surface area contributed by atoms with Gasteiger partial charge >= 0.3 is 5.97 Å². The number of rotatable bonds is 8. The zero-order valence-corrected chi connectivity index (χ0v) is 12.9. The number of aromatic nitrogens is 1. The lowest BCUT2D eigenvalue weighted by Crippen LogP contribution is -2.34. The molecule has 9 heteroatoms. The molecule has 1 heterocycles. The van der Waals surface area contributed by atoms with Gasteiger partial charge in [0.15, 0.2) is 9.90 Å². The van der Waals surface area contributed by atoms with Crippen LogP contribution in [-0.4, -0.2) is 42.7 Å². The number of nitrogens with one attached hydrogen (secondary N) is 1. The molecule has 7 nitrogen and oxygen atoms in total. The van der Waals surface area contributed by atoms with Crippen LogP contribution in [0.5, 0.6) is 0 Å². The van der Waals surface area contributed by atoms with Gasteiger partial charge in [0.1, 0.15) is 0 Å². The number of thiazole rings is 1. The van der Waals surface area contributed by atoms with Crippen molar-refractivity contribution in [1.82, 2.24) is 9.71 Å². The fourth-order valence-corrected chi connectivity index (χ4v) is 4.00. The molecule has 0 saturated heterocycles. The molecule has 0 bridgehead atoms. The zero-order valence-electron chi connectivity index (χ0n) is 11.3. The maximum absolute atomic E-state index is 12.1. The van der Waals surface area contributed by atoms with E-state index in [0.717, 1.165) is 11.3 Å². The number of hydrogen-bond acceptors (Lipinski definition) is 6. The van der Waals surface area contributed by atoms with Gasteiger partial charge in [0.25, 0.3) is 10.0 Å². The molecule has 1 aromatic rings. The molecular weight excluding hydrogens is 304 g/mol. The number of carboxylic acid groups (broad SMARTS) is 1. The predicted molar refractivity (Wildman–Crippen MR) is 74.4 cm³/mol. The smallest absolute Gasteiger partial charge is 0.356 e. The van der Waals surface area contributed by atoms with E-state index in [4.69, 9.17) is 10.2 Å². The van der Waals surface area contributed by atoms with E-state index in [-0.39, 0.29) is 22.8 Å². The number of aliphatic hydroxyl groups excluding tert-OH is 1. The molecule has 3 N–H and O–H groups in total. The van der Waals surface area contributed by atoms with Crippen LogP contribution in [0.3, 0.4) is 0 Å². The van der Waals surface area contributed by atoms with Crippen LogP contribution in [0.4, 0.5) is 0 Å². The zero-order chi connectivity index (χ0) is 15.4. The summed E-state index contributed by atoms with van der Waals surface area (Å²) in [5.74, 6) is -1.37. The molecule has 1 aromatic heterocycles. The number of sulfonamides is 1. The van der Waals surface area contributed by atoms with Crippen molar-refractivity contribution in [2.75, 3.05) is 13.2 Å². The van der Waals surface area contributed by atoms with E-state index in [1.54, 1.807) is 0 Å². The van der Waals surface area contributed by atoms with E-state index in [9.17, 15) is 13.2 Å². The Balaban J connectivity index is 2.80. The summed E-state index contributed by atoms with van der Waals surface area (Å²) in [7, 11) is -3.89. The lowest BCUT2D eigenvalue weighted by molar-refractivity contribution is 0.0687. The third kappa shape index (κ3) is 4.51. The summed E-state index contributed by atoms with van der Waals surface area (Å²) in [5.41, 5.74) is 0.398. The number of aromatic carboxylic acids is 1. The monoisotopic (exact) mass is 322 g/mol. The van der Waals surface area contributed by atoms with E-state index >= 15 is 0 Å². The molecule has 20 heavy (non-hydrogen) atoms. The molecule has 0 saturated carbocycles. The highest BCUT2D eigenvalue weighted by Crippen LogP contribution is 2.24. The number of aliphatic hydroxyl groups is 1. The third-order valence-corrected chi connectivity index (χ3v) is 5.50. The van der Waals surface area contributed by atoms with Crippen molar-refractivity contribution >= 4 is 27.3 Å². The summed E-state index contributed by atoms with van der Waals surface area (Å²) in [6.45, 7) is 3.95. The Hall–Kier alpha value is -1.03. The van der Waals surface area contributed by atoms with Gasteiger partial charge in [-0.15, -0.1) is 11.3 Å². The van der Waals surface area contributed by atoms with Gasteiger partial charge in [0.05, 0.1) is 5.51 Å². The largest absolute Gasteiger partial charge is 0.476 e. The molecule has 1 rings (SSSR count). The van der Waals surface area contributed by atoms with Gasteiger partial charge in [-0.2, -0.15) is 0 Å². The Morgan fingerprint density at radius 2 is 2.15 bits per heavy atom. The highest BCUT2D eigenvalue weighted by molar-refractivity contribution is 7.91. The number of hydrogen-bond donors (Lipinski definition) is 3. The fourth-order valence-electron chi connectivity index (χ4n) is 1.57. The van der Waals surface area contributed by atoms with Crippen LogP contribution in [0.25, 0.3) is 0 Å². The van der Waals surface area contributed by atoms with Crippen LogP contribution >= 0.6 is 11.3 Å². The first-order valence-electron chi connectivity index (χ1n) is 5.97. The predicted octanol–water partition coefficient (Wildman–Crippen LogP) is 0.918. The first-order valence-corrected chi connectivity index (χ1v) is 8.33. The van der Waals surface area contributed by atoms with Gasteiger partial charge in [0, 0.05) is 13.2 Å². The maximum atomic E-state index is 12.1. The van der Waals surface area contributed by atoms with Crippen LogP contribution in [0.15, 0.2) is 9.72 Å². The molecule has 0 amide bonds. The van der Waals surface area contributed by atoms with Crippen molar-refractivity contribution in [2.45, 2.75) is 30.9 Å². The summed E-state index contributed by atoms with van der Waals surface area (Å²) < 4.78 is 26.3. The molecule has 0 aliphatic heterocycles. The Morgan fingerprint density at radius 3 is 2.70 bits per heavy atom. The third-order valence-electron chi connectivity index (χ3n) is 2.73. The highest BCUT2D eigenvalue weighted by atomic mass is 32.2. The summed E-state index contributed by atoms with van der Waals surface area (Å²) in [4.78, 5) is 14.4. The van der Waals surface area contributed by atoms with Crippen molar-refractivity contribution in [3.05, 3.63) is 11.2 Å². The molecule has 0 aliphatic rings. The van der Waals surface area contributed by atoms with E-state index in [2.05, 4.69) is 9.71 Å². The molecule has 0 aromatic carbocycles. The highest BCUT2D eigenvalue weighted by Gasteiger charge is 2.28. The number of carboxylic acids is 1. The average molecular weight is 322 g/mol. The van der Waals surface area contributed by atoms with E-state index in [1.807, 2.05) is 13.8 Å². The number of carbonyl (C=O) groups is 1. The van der Waals surface area contributed by atoms with Crippen LogP contribution in [0, 0.1) is 5.41 Å². The van der Waals surface area contributed by atoms with Crippen molar-refractivity contribution < 1.29 is 23.4 Å². The second-order valence-electron chi connectivity index (χ2n) is 5.11. The lowest BCUT2D eigenvalue weighted by Gasteiger charge is -2.24. The fraction of sp³-hybridized carbons (Fsp3) is 0.636. The summed E-state index contributed by atoms with van der Waals surface area (Å²) in [5, 5.41) is 17.7. The quantitative estimate of drug-likeness (QED) is 0.655. The van der Waals surface area contributed by atoms with Crippen molar-refractivity contribution in [3.63, 3.8) is 0 Å². The first kappa shape index (κ1) is 17.0. The Bertz CT molecular complexity index is 565. The van der Waals surface area contributed by atoms with Crippen molar-refractivity contribution in [1.29, 1.82) is 0 Å². The van der Waals surface area contributed by atoms with Crippen LogP contribution in [0.2, 0.25) is 0 Å². The van der Waals surface area contributed by atoms with Gasteiger partial charge in [-0.25, -0.2) is 22.9 Å². The standard InChI is InChI=1S/C11H18N2O5S2/c1-11(2,4-3-5-14)6-13-20(17,18)10-8(9(15)16)12-7-19-10/h7,13-14H,3-6H2,1-2H3,(H,15,16). The topological polar surface area (TPSA) is 117 Å². The molecular formula is C11H18N2O5S2. The van der Waals surface area contributed by atoms with Crippen LogP contribution in [-0.2, 0) is 10.0 Å². The minimum absolute atomic E-state index is 0.0498. The van der Waals surface area contributed by atoms with Gasteiger partial charge in [-0.3, -0.25) is 0 Å². The number of nitrogens with zero attached hydrogens (tertiary/aromatic N) is 1. The molecule has 0 spiro atoms. The minimum Gasteiger partial charge on any atom is -0.476 e. The lowest BCUT2D eigenvalue weighted by atomic mass is 9.88. The molecule has 0 radical (unpaired) electrons. The summed E-state index contributed by atoms with van der Waals surface area (Å²) >= 11 is 0.771. The van der Waals surface area contributed by atoms with Gasteiger partial charge in [-0.1, -0.05) is 13.8 Å². The second kappa shape index (κ2) is 6.61. The molecule has 0 fully saturated rings. The SMILES string of the molecule is CC(C)(CCCO)CNS(=O)(=O)c1scnc1C(=O)O. The Kier molecular flexibility index (Phi) is 5.63. The van der Waals surface area contributed by atoms with Gasteiger partial charge in [0.2, 0.25) is 0 Å². The Labute approximate surface area is 121 Å². The summed E-state index contributed by atoms with van der Waals surface area (Å²) in [6.07, 6.45) is 1.23. The molecule has 0 unspecified atom stereocenters. The van der Waals surface area contributed by atoms with Crippen LogP contribution < -0.4 is 4.72 Å². The second-order valence-corrected chi connectivity index (χ2v) is 7.93. The minimum atomic E-state index is -3.89. The van der Waals surface area contributed by atoms with Crippen molar-refractivity contribution in [2.24, 2.45) is 5.41 Å². The normalized spacial score (nSPS) is 12.6. The Morgan fingerprint density at radius 1 is 1.50 bits per heavy atom. The van der Waals surface area contributed by atoms with Crippen LogP contribution in [0.1, 0.15) is 37.2 Å². The maximum Gasteiger partial charge on any atom is 0.356 e. The van der Waals surface area contributed by atoms with Gasteiger partial charge in [-0.05, 0) is 18.3 Å². The van der Waals surface area contributed by atoms with Crippen molar-refractivity contribution in [3.8, 4) is 0 Å². The van der Waals surface area contributed by atoms with E-state index < -0.39 is 21.7 Å². The molecule has 0 aliphatic carbocycles. The van der Waals surface area contributed by atoms with E-state index in [1.165, 1.54) is 5.51 Å².